The molecule has 0 saturated heterocycles. The molecule has 0 unspecified atom stereocenters. The van der Waals surface area contributed by atoms with Crippen molar-refractivity contribution >= 4 is 21.6 Å². The molecule has 28 heavy (non-hydrogen) atoms. The molecule has 0 saturated carbocycles. The fraction of sp³-hybridized carbons (Fsp3) is 0.143. The van der Waals surface area contributed by atoms with Gasteiger partial charge in [-0.3, -0.25) is 14.5 Å². The van der Waals surface area contributed by atoms with Gasteiger partial charge >= 0.3 is 0 Å². The largest absolute Gasteiger partial charge is 0.348 e. The quantitative estimate of drug-likeness (QED) is 0.669. The number of anilines is 1. The SMILES string of the molecule is Cc1ccc(S(=O)(=O)Nc2cccc(C(=O)NCc3cccnc3)c2C)cc1. The van der Waals surface area contributed by atoms with Crippen molar-refractivity contribution in [1.29, 1.82) is 0 Å². The van der Waals surface area contributed by atoms with Crippen molar-refractivity contribution in [3.05, 3.63) is 89.2 Å². The first-order valence-corrected chi connectivity index (χ1v) is 10.2. The molecule has 2 N–H and O–H groups in total. The molecule has 0 aliphatic heterocycles. The molecule has 3 aromatic rings. The number of carbonyl (C=O) groups is 1. The van der Waals surface area contributed by atoms with Gasteiger partial charge in [-0.2, -0.15) is 0 Å². The summed E-state index contributed by atoms with van der Waals surface area (Å²) in [4.78, 5) is 16.7. The Morgan fingerprint density at radius 1 is 1.00 bits per heavy atom. The van der Waals surface area contributed by atoms with Crippen LogP contribution in [0.3, 0.4) is 0 Å². The second kappa shape index (κ2) is 8.22. The molecule has 0 aliphatic carbocycles. The minimum Gasteiger partial charge on any atom is -0.348 e. The molecule has 6 nitrogen and oxygen atoms in total. The van der Waals surface area contributed by atoms with Crippen LogP contribution < -0.4 is 10.0 Å². The lowest BCUT2D eigenvalue weighted by molar-refractivity contribution is 0.0950. The highest BCUT2D eigenvalue weighted by atomic mass is 32.2. The van der Waals surface area contributed by atoms with Gasteiger partial charge in [-0.25, -0.2) is 8.42 Å². The van der Waals surface area contributed by atoms with Gasteiger partial charge in [0, 0.05) is 24.5 Å². The second-order valence-electron chi connectivity index (χ2n) is 6.44. The van der Waals surface area contributed by atoms with Crippen LogP contribution in [0.1, 0.15) is 27.0 Å². The third kappa shape index (κ3) is 4.55. The highest BCUT2D eigenvalue weighted by Crippen LogP contribution is 2.23. The first-order valence-electron chi connectivity index (χ1n) is 8.73. The smallest absolute Gasteiger partial charge is 0.261 e. The third-order valence-electron chi connectivity index (χ3n) is 4.33. The minimum absolute atomic E-state index is 0.170. The summed E-state index contributed by atoms with van der Waals surface area (Å²) in [5.41, 5.74) is 3.19. The van der Waals surface area contributed by atoms with E-state index in [1.807, 2.05) is 13.0 Å². The second-order valence-corrected chi connectivity index (χ2v) is 8.12. The Morgan fingerprint density at radius 3 is 2.43 bits per heavy atom. The molecule has 1 amide bonds. The van der Waals surface area contributed by atoms with E-state index in [1.54, 1.807) is 67.8 Å². The van der Waals surface area contributed by atoms with E-state index < -0.39 is 10.0 Å². The molecule has 2 aromatic carbocycles. The maximum absolute atomic E-state index is 12.6. The first-order chi connectivity index (χ1) is 13.4. The fourth-order valence-corrected chi connectivity index (χ4v) is 3.82. The zero-order chi connectivity index (χ0) is 20.1. The van der Waals surface area contributed by atoms with Gasteiger partial charge in [0.25, 0.3) is 15.9 Å². The van der Waals surface area contributed by atoms with Gasteiger partial charge in [0.2, 0.25) is 0 Å². The number of sulfonamides is 1. The number of benzene rings is 2. The Bertz CT molecular complexity index is 1080. The number of amides is 1. The molecule has 7 heteroatoms. The van der Waals surface area contributed by atoms with Crippen LogP contribution in [0.2, 0.25) is 0 Å². The molecule has 144 valence electrons. The van der Waals surface area contributed by atoms with E-state index >= 15 is 0 Å². The van der Waals surface area contributed by atoms with E-state index in [1.165, 1.54) is 0 Å². The summed E-state index contributed by atoms with van der Waals surface area (Å²) in [5, 5.41) is 2.83. The lowest BCUT2D eigenvalue weighted by Crippen LogP contribution is -2.24. The molecule has 0 spiro atoms. The summed E-state index contributed by atoms with van der Waals surface area (Å²) in [6, 6.07) is 15.2. The maximum Gasteiger partial charge on any atom is 0.261 e. The van der Waals surface area contributed by atoms with Crippen molar-refractivity contribution in [3.8, 4) is 0 Å². The average Bonchev–Trinajstić information content (AvgIpc) is 2.69. The van der Waals surface area contributed by atoms with Crippen LogP contribution >= 0.6 is 0 Å². The number of aryl methyl sites for hydroxylation is 1. The Morgan fingerprint density at radius 2 is 1.75 bits per heavy atom. The number of carbonyl (C=O) groups excluding carboxylic acids is 1. The van der Waals surface area contributed by atoms with Gasteiger partial charge < -0.3 is 5.32 Å². The Hall–Kier alpha value is -3.19. The van der Waals surface area contributed by atoms with E-state index in [4.69, 9.17) is 0 Å². The number of rotatable bonds is 6. The van der Waals surface area contributed by atoms with E-state index in [0.29, 0.717) is 23.4 Å². The highest BCUT2D eigenvalue weighted by Gasteiger charge is 2.18. The summed E-state index contributed by atoms with van der Waals surface area (Å²) in [6.07, 6.45) is 3.35. The first kappa shape index (κ1) is 19.6. The Labute approximate surface area is 164 Å². The lowest BCUT2D eigenvalue weighted by atomic mass is 10.1. The molecular weight excluding hydrogens is 374 g/mol. The van der Waals surface area contributed by atoms with E-state index in [-0.39, 0.29) is 10.8 Å². The highest BCUT2D eigenvalue weighted by molar-refractivity contribution is 7.92. The summed E-state index contributed by atoms with van der Waals surface area (Å²) >= 11 is 0. The number of hydrogen-bond donors (Lipinski definition) is 2. The minimum atomic E-state index is -3.74. The van der Waals surface area contributed by atoms with Crippen LogP contribution in [0.5, 0.6) is 0 Å². The normalized spacial score (nSPS) is 11.1. The number of aromatic nitrogens is 1. The van der Waals surface area contributed by atoms with Crippen LogP contribution in [0.25, 0.3) is 0 Å². The number of nitrogens with zero attached hydrogens (tertiary/aromatic N) is 1. The van der Waals surface area contributed by atoms with Gasteiger partial charge in [-0.05, 0) is 55.3 Å². The molecule has 0 fully saturated rings. The molecule has 1 heterocycles. The van der Waals surface area contributed by atoms with Gasteiger partial charge in [-0.15, -0.1) is 0 Å². The van der Waals surface area contributed by atoms with E-state index in [9.17, 15) is 13.2 Å². The average molecular weight is 395 g/mol. The fourth-order valence-electron chi connectivity index (χ4n) is 2.69. The summed E-state index contributed by atoms with van der Waals surface area (Å²) in [6.45, 7) is 3.94. The van der Waals surface area contributed by atoms with Crippen molar-refractivity contribution in [3.63, 3.8) is 0 Å². The molecule has 3 rings (SSSR count). The molecule has 0 aliphatic rings. The molecular formula is C21H21N3O3S. The van der Waals surface area contributed by atoms with Crippen molar-refractivity contribution < 1.29 is 13.2 Å². The summed E-state index contributed by atoms with van der Waals surface area (Å²) in [5.74, 6) is -0.280. The monoisotopic (exact) mass is 395 g/mol. The third-order valence-corrected chi connectivity index (χ3v) is 5.71. The molecule has 0 bridgehead atoms. The van der Waals surface area contributed by atoms with Gasteiger partial charge in [0.05, 0.1) is 10.6 Å². The Kier molecular flexibility index (Phi) is 5.75. The topological polar surface area (TPSA) is 88.2 Å². The van der Waals surface area contributed by atoms with Crippen molar-refractivity contribution in [2.45, 2.75) is 25.3 Å². The van der Waals surface area contributed by atoms with Crippen molar-refractivity contribution in [2.75, 3.05) is 4.72 Å². The lowest BCUT2D eigenvalue weighted by Gasteiger charge is -2.14. The van der Waals surface area contributed by atoms with Crippen LogP contribution in [-0.4, -0.2) is 19.3 Å². The van der Waals surface area contributed by atoms with Crippen molar-refractivity contribution in [1.82, 2.24) is 10.3 Å². The predicted molar refractivity (Wildman–Crippen MR) is 109 cm³/mol. The standard InChI is InChI=1S/C21H21N3O3S/c1-15-8-10-18(11-9-15)28(26,27)24-20-7-3-6-19(16(20)2)21(25)23-14-17-5-4-12-22-13-17/h3-13,24H,14H2,1-2H3,(H,23,25). The molecule has 1 aromatic heterocycles. The zero-order valence-corrected chi connectivity index (χ0v) is 16.5. The zero-order valence-electron chi connectivity index (χ0n) is 15.6. The van der Waals surface area contributed by atoms with Crippen LogP contribution in [-0.2, 0) is 16.6 Å². The Balaban J connectivity index is 1.78. The summed E-state index contributed by atoms with van der Waals surface area (Å²) in [7, 11) is -3.74. The van der Waals surface area contributed by atoms with Crippen LogP contribution in [0.15, 0.2) is 71.9 Å². The van der Waals surface area contributed by atoms with Crippen molar-refractivity contribution in [2.24, 2.45) is 0 Å². The predicted octanol–water partition coefficient (Wildman–Crippen LogP) is 3.43. The number of hydrogen-bond acceptors (Lipinski definition) is 4. The van der Waals surface area contributed by atoms with E-state index in [2.05, 4.69) is 15.0 Å². The maximum atomic E-state index is 12.6. The van der Waals surface area contributed by atoms with Gasteiger partial charge in [-0.1, -0.05) is 29.8 Å². The molecule has 0 atom stereocenters. The summed E-state index contributed by atoms with van der Waals surface area (Å²) < 4.78 is 27.9. The van der Waals surface area contributed by atoms with Gasteiger partial charge in [0.15, 0.2) is 0 Å². The number of nitrogens with one attached hydrogen (secondary N) is 2. The van der Waals surface area contributed by atoms with Crippen LogP contribution in [0, 0.1) is 13.8 Å². The van der Waals surface area contributed by atoms with E-state index in [0.717, 1.165) is 11.1 Å². The number of pyridine rings is 1. The van der Waals surface area contributed by atoms with Gasteiger partial charge in [0.1, 0.15) is 0 Å². The van der Waals surface area contributed by atoms with Crippen LogP contribution in [0.4, 0.5) is 5.69 Å². The molecule has 0 radical (unpaired) electrons.